The summed E-state index contributed by atoms with van der Waals surface area (Å²) in [6.07, 6.45) is 3.41. The molecule has 5 nitrogen and oxygen atoms in total. The highest BCUT2D eigenvalue weighted by Crippen LogP contribution is 2.25. The third kappa shape index (κ3) is 4.49. The van der Waals surface area contributed by atoms with Crippen LogP contribution in [0.1, 0.15) is 25.3 Å². The first kappa shape index (κ1) is 18.4. The van der Waals surface area contributed by atoms with Gasteiger partial charge in [-0.15, -0.1) is 0 Å². The van der Waals surface area contributed by atoms with E-state index in [1.54, 1.807) is 0 Å². The standard InChI is InChI=1S/C23H26N4O/c1-2-17-9-6-7-13-20(17)25-22-15-21(18-10-4-3-5-11-18)26-23(27-22)24-16-19-12-8-14-28-19/h3-7,9-11,13,15,19H,2,8,12,14,16H2,1H3,(H2,24,25,26,27). The van der Waals surface area contributed by atoms with Crippen LogP contribution < -0.4 is 10.6 Å². The van der Waals surface area contributed by atoms with Crippen molar-refractivity contribution in [2.24, 2.45) is 0 Å². The Morgan fingerprint density at radius 3 is 2.64 bits per heavy atom. The summed E-state index contributed by atoms with van der Waals surface area (Å²) in [5, 5.41) is 6.84. The van der Waals surface area contributed by atoms with E-state index in [9.17, 15) is 0 Å². The molecule has 1 atom stereocenters. The van der Waals surface area contributed by atoms with Gasteiger partial charge in [0.15, 0.2) is 0 Å². The lowest BCUT2D eigenvalue weighted by Gasteiger charge is -2.15. The zero-order valence-electron chi connectivity index (χ0n) is 16.2. The highest BCUT2D eigenvalue weighted by atomic mass is 16.5. The molecule has 1 fully saturated rings. The number of aryl methyl sites for hydroxylation is 1. The van der Waals surface area contributed by atoms with Crippen LogP contribution in [0, 0.1) is 0 Å². The van der Waals surface area contributed by atoms with E-state index in [1.165, 1.54) is 5.56 Å². The molecule has 4 rings (SSSR count). The van der Waals surface area contributed by atoms with Crippen molar-refractivity contribution in [3.05, 3.63) is 66.2 Å². The first-order valence-electron chi connectivity index (χ1n) is 9.96. The van der Waals surface area contributed by atoms with Gasteiger partial charge in [0.05, 0.1) is 11.8 Å². The Bertz CT molecular complexity index is 907. The molecule has 28 heavy (non-hydrogen) atoms. The molecule has 0 amide bonds. The molecular weight excluding hydrogens is 348 g/mol. The zero-order chi connectivity index (χ0) is 19.2. The topological polar surface area (TPSA) is 59.1 Å². The van der Waals surface area contributed by atoms with Crippen LogP contribution in [-0.4, -0.2) is 29.2 Å². The molecule has 1 unspecified atom stereocenters. The quantitative estimate of drug-likeness (QED) is 0.607. The maximum atomic E-state index is 5.71. The van der Waals surface area contributed by atoms with E-state index < -0.39 is 0 Å². The highest BCUT2D eigenvalue weighted by molar-refractivity contribution is 5.68. The Balaban J connectivity index is 1.63. The Morgan fingerprint density at radius 2 is 1.86 bits per heavy atom. The molecule has 144 valence electrons. The minimum Gasteiger partial charge on any atom is -0.376 e. The lowest BCUT2D eigenvalue weighted by atomic mass is 10.1. The van der Waals surface area contributed by atoms with E-state index in [0.29, 0.717) is 5.95 Å². The summed E-state index contributed by atoms with van der Waals surface area (Å²) in [6, 6.07) is 20.5. The van der Waals surface area contributed by atoms with Crippen molar-refractivity contribution < 1.29 is 4.74 Å². The molecule has 0 saturated carbocycles. The second-order valence-corrected chi connectivity index (χ2v) is 6.98. The van der Waals surface area contributed by atoms with Gasteiger partial charge >= 0.3 is 0 Å². The van der Waals surface area contributed by atoms with Crippen LogP contribution in [0.4, 0.5) is 17.5 Å². The Labute approximate surface area is 166 Å². The van der Waals surface area contributed by atoms with Crippen LogP contribution in [0.15, 0.2) is 60.7 Å². The molecule has 2 heterocycles. The van der Waals surface area contributed by atoms with Crippen molar-refractivity contribution in [2.45, 2.75) is 32.3 Å². The van der Waals surface area contributed by atoms with Crippen LogP contribution >= 0.6 is 0 Å². The van der Waals surface area contributed by atoms with E-state index in [-0.39, 0.29) is 6.10 Å². The fraction of sp³-hybridized carbons (Fsp3) is 0.304. The maximum absolute atomic E-state index is 5.71. The van der Waals surface area contributed by atoms with Crippen LogP contribution in [0.3, 0.4) is 0 Å². The summed E-state index contributed by atoms with van der Waals surface area (Å²) < 4.78 is 5.71. The second-order valence-electron chi connectivity index (χ2n) is 6.98. The van der Waals surface area contributed by atoms with Crippen molar-refractivity contribution in [3.8, 4) is 11.3 Å². The molecule has 1 aromatic heterocycles. The van der Waals surface area contributed by atoms with Gasteiger partial charge < -0.3 is 15.4 Å². The van der Waals surface area contributed by atoms with Gasteiger partial charge in [-0.1, -0.05) is 55.5 Å². The van der Waals surface area contributed by atoms with E-state index in [0.717, 1.165) is 55.2 Å². The van der Waals surface area contributed by atoms with Crippen molar-refractivity contribution in [1.82, 2.24) is 9.97 Å². The van der Waals surface area contributed by atoms with Crippen LogP contribution in [-0.2, 0) is 11.2 Å². The lowest BCUT2D eigenvalue weighted by molar-refractivity contribution is 0.120. The van der Waals surface area contributed by atoms with Crippen LogP contribution in [0.2, 0.25) is 0 Å². The number of hydrogen-bond donors (Lipinski definition) is 2. The summed E-state index contributed by atoms with van der Waals surface area (Å²) in [5.74, 6) is 1.40. The molecule has 2 N–H and O–H groups in total. The second kappa shape index (κ2) is 8.85. The van der Waals surface area contributed by atoms with Crippen molar-refractivity contribution >= 4 is 17.5 Å². The number of ether oxygens (including phenoxy) is 1. The van der Waals surface area contributed by atoms with Gasteiger partial charge in [-0.05, 0) is 30.9 Å². The molecule has 5 heteroatoms. The number of aromatic nitrogens is 2. The summed E-state index contributed by atoms with van der Waals surface area (Å²) in [4.78, 5) is 9.43. The number of anilines is 3. The number of para-hydroxylation sites is 1. The fourth-order valence-electron chi connectivity index (χ4n) is 3.45. The van der Waals surface area contributed by atoms with E-state index in [4.69, 9.17) is 14.7 Å². The van der Waals surface area contributed by atoms with Gasteiger partial charge in [0, 0.05) is 30.5 Å². The molecule has 1 aliphatic rings. The van der Waals surface area contributed by atoms with E-state index in [2.05, 4.69) is 47.9 Å². The molecule has 3 aromatic rings. The highest BCUT2D eigenvalue weighted by Gasteiger charge is 2.16. The summed E-state index contributed by atoms with van der Waals surface area (Å²) in [7, 11) is 0. The van der Waals surface area contributed by atoms with Crippen LogP contribution in [0.25, 0.3) is 11.3 Å². The molecule has 1 aliphatic heterocycles. The number of nitrogens with zero attached hydrogens (tertiary/aromatic N) is 2. The van der Waals surface area contributed by atoms with E-state index in [1.807, 2.05) is 30.3 Å². The van der Waals surface area contributed by atoms with Crippen molar-refractivity contribution in [3.63, 3.8) is 0 Å². The van der Waals surface area contributed by atoms with Gasteiger partial charge in [-0.25, -0.2) is 4.98 Å². The SMILES string of the molecule is CCc1ccccc1Nc1cc(-c2ccccc2)nc(NCC2CCCO2)n1. The van der Waals surface area contributed by atoms with Gasteiger partial charge in [-0.3, -0.25) is 0 Å². The number of nitrogens with one attached hydrogen (secondary N) is 2. The first-order chi connectivity index (χ1) is 13.8. The molecule has 0 radical (unpaired) electrons. The van der Waals surface area contributed by atoms with Gasteiger partial charge in [0.2, 0.25) is 5.95 Å². The molecule has 0 bridgehead atoms. The third-order valence-electron chi connectivity index (χ3n) is 4.97. The Hall–Kier alpha value is -2.92. The Morgan fingerprint density at radius 1 is 1.04 bits per heavy atom. The molecule has 0 aliphatic carbocycles. The summed E-state index contributed by atoms with van der Waals surface area (Å²) >= 11 is 0. The predicted octanol–water partition coefficient (Wildman–Crippen LogP) is 5.04. The Kier molecular flexibility index (Phi) is 5.83. The first-order valence-corrected chi connectivity index (χ1v) is 9.96. The van der Waals surface area contributed by atoms with Gasteiger partial charge in [-0.2, -0.15) is 4.98 Å². The summed E-state index contributed by atoms with van der Waals surface area (Å²) in [6.45, 7) is 3.73. The molecule has 1 saturated heterocycles. The lowest BCUT2D eigenvalue weighted by Crippen LogP contribution is -2.20. The predicted molar refractivity (Wildman–Crippen MR) is 114 cm³/mol. The van der Waals surface area contributed by atoms with Crippen molar-refractivity contribution in [2.75, 3.05) is 23.8 Å². The maximum Gasteiger partial charge on any atom is 0.225 e. The molecular formula is C23H26N4O. The zero-order valence-corrected chi connectivity index (χ0v) is 16.2. The minimum atomic E-state index is 0.237. The van der Waals surface area contributed by atoms with Gasteiger partial charge in [0.25, 0.3) is 0 Å². The monoisotopic (exact) mass is 374 g/mol. The smallest absolute Gasteiger partial charge is 0.225 e. The van der Waals surface area contributed by atoms with Gasteiger partial charge in [0.1, 0.15) is 5.82 Å². The largest absolute Gasteiger partial charge is 0.376 e. The third-order valence-corrected chi connectivity index (χ3v) is 4.97. The van der Waals surface area contributed by atoms with Crippen LogP contribution in [0.5, 0.6) is 0 Å². The summed E-state index contributed by atoms with van der Waals surface area (Å²) in [5.41, 5.74) is 4.29. The van der Waals surface area contributed by atoms with Crippen molar-refractivity contribution in [1.29, 1.82) is 0 Å². The average Bonchev–Trinajstić information content (AvgIpc) is 3.27. The van der Waals surface area contributed by atoms with E-state index >= 15 is 0 Å². The fourth-order valence-corrected chi connectivity index (χ4v) is 3.45. The molecule has 2 aromatic carbocycles. The molecule has 0 spiro atoms. The number of rotatable bonds is 7. The normalized spacial score (nSPS) is 16.1. The number of hydrogen-bond acceptors (Lipinski definition) is 5. The average molecular weight is 374 g/mol. The number of benzene rings is 2. The minimum absolute atomic E-state index is 0.237.